The third kappa shape index (κ3) is 4.40. The van der Waals surface area contributed by atoms with E-state index in [0.29, 0.717) is 25.3 Å². The lowest BCUT2D eigenvalue weighted by Gasteiger charge is -2.11. The summed E-state index contributed by atoms with van der Waals surface area (Å²) >= 11 is 0. The van der Waals surface area contributed by atoms with Gasteiger partial charge in [0.25, 0.3) is 0 Å². The van der Waals surface area contributed by atoms with Gasteiger partial charge in [-0.2, -0.15) is 0 Å². The molecule has 3 rings (SSSR count). The Morgan fingerprint density at radius 2 is 1.75 bits per heavy atom. The Labute approximate surface area is 164 Å². The lowest BCUT2D eigenvalue weighted by Crippen LogP contribution is -2.27. The summed E-state index contributed by atoms with van der Waals surface area (Å²) in [7, 11) is 1.35. The first-order valence-corrected chi connectivity index (χ1v) is 9.21. The maximum Gasteiger partial charge on any atom is 0.340 e. The van der Waals surface area contributed by atoms with Gasteiger partial charge in [0.05, 0.1) is 19.3 Å². The number of benzene rings is 2. The molecule has 146 valence electrons. The van der Waals surface area contributed by atoms with Gasteiger partial charge in [-0.05, 0) is 24.1 Å². The van der Waals surface area contributed by atoms with E-state index in [4.69, 9.17) is 9.47 Å². The van der Waals surface area contributed by atoms with Crippen molar-refractivity contribution in [1.82, 2.24) is 9.88 Å². The number of carbonyl (C=O) groups excluding carboxylic acids is 2. The van der Waals surface area contributed by atoms with Crippen molar-refractivity contribution < 1.29 is 19.1 Å². The lowest BCUT2D eigenvalue weighted by atomic mass is 10.1. The number of para-hydroxylation sites is 1. The Balaban J connectivity index is 1.72. The summed E-state index contributed by atoms with van der Waals surface area (Å²) in [5.74, 6) is -0.552. The standard InChI is InChI=1S/C22H24N2O4/c1-3-28-15-17-9-5-4-8-16(17)12-23-21(25)14-24-13-19(22(26)27-2)18-10-6-7-11-20(18)24/h4-11,13H,3,12,14-15H2,1-2H3,(H,23,25). The second kappa shape index (κ2) is 9.19. The van der Waals surface area contributed by atoms with E-state index in [-0.39, 0.29) is 12.5 Å². The zero-order chi connectivity index (χ0) is 19.9. The molecule has 0 bridgehead atoms. The number of methoxy groups -OCH3 is 1. The number of hydrogen-bond acceptors (Lipinski definition) is 4. The number of nitrogens with zero attached hydrogens (tertiary/aromatic N) is 1. The Kier molecular flexibility index (Phi) is 6.45. The third-order valence-corrected chi connectivity index (χ3v) is 4.56. The highest BCUT2D eigenvalue weighted by atomic mass is 16.5. The predicted octanol–water partition coefficient (Wildman–Crippen LogP) is 3.28. The molecule has 1 heterocycles. The number of amides is 1. The van der Waals surface area contributed by atoms with E-state index in [9.17, 15) is 9.59 Å². The monoisotopic (exact) mass is 380 g/mol. The summed E-state index contributed by atoms with van der Waals surface area (Å²) in [6, 6.07) is 15.3. The molecule has 0 saturated carbocycles. The second-order valence-corrected chi connectivity index (χ2v) is 6.36. The second-order valence-electron chi connectivity index (χ2n) is 6.36. The van der Waals surface area contributed by atoms with Gasteiger partial charge in [-0.25, -0.2) is 4.79 Å². The Bertz CT molecular complexity index is 978. The molecule has 1 N–H and O–H groups in total. The third-order valence-electron chi connectivity index (χ3n) is 4.56. The topological polar surface area (TPSA) is 69.6 Å². The number of fused-ring (bicyclic) bond motifs is 1. The fraction of sp³-hybridized carbons (Fsp3) is 0.273. The number of rotatable bonds is 8. The smallest absolute Gasteiger partial charge is 0.340 e. The van der Waals surface area contributed by atoms with Crippen LogP contribution < -0.4 is 5.32 Å². The van der Waals surface area contributed by atoms with Gasteiger partial charge in [0.1, 0.15) is 6.54 Å². The molecule has 1 aromatic heterocycles. The van der Waals surface area contributed by atoms with E-state index in [1.54, 1.807) is 10.8 Å². The number of hydrogen-bond donors (Lipinski definition) is 1. The molecule has 2 aromatic carbocycles. The fourth-order valence-electron chi connectivity index (χ4n) is 3.14. The van der Waals surface area contributed by atoms with Gasteiger partial charge < -0.3 is 19.4 Å². The van der Waals surface area contributed by atoms with Crippen LogP contribution in [0.4, 0.5) is 0 Å². The van der Waals surface area contributed by atoms with Crippen molar-refractivity contribution in [3.63, 3.8) is 0 Å². The summed E-state index contributed by atoms with van der Waals surface area (Å²) in [5.41, 5.74) is 3.35. The highest BCUT2D eigenvalue weighted by Crippen LogP contribution is 2.22. The molecule has 6 nitrogen and oxygen atoms in total. The van der Waals surface area contributed by atoms with Crippen molar-refractivity contribution in [2.45, 2.75) is 26.6 Å². The van der Waals surface area contributed by atoms with Crippen molar-refractivity contribution >= 4 is 22.8 Å². The van der Waals surface area contributed by atoms with Gasteiger partial charge in [0.15, 0.2) is 0 Å². The van der Waals surface area contributed by atoms with Crippen LogP contribution in [-0.2, 0) is 34.0 Å². The van der Waals surface area contributed by atoms with Crippen LogP contribution in [0, 0.1) is 0 Å². The molecule has 3 aromatic rings. The first kappa shape index (κ1) is 19.6. The van der Waals surface area contributed by atoms with Crippen LogP contribution in [-0.4, -0.2) is 30.2 Å². The summed E-state index contributed by atoms with van der Waals surface area (Å²) in [4.78, 5) is 24.5. The molecule has 6 heteroatoms. The molecule has 1 amide bonds. The minimum absolute atomic E-state index is 0.116. The normalized spacial score (nSPS) is 10.8. The van der Waals surface area contributed by atoms with E-state index < -0.39 is 5.97 Å². The SMILES string of the molecule is CCOCc1ccccc1CNC(=O)Cn1cc(C(=O)OC)c2ccccc21. The zero-order valence-electron chi connectivity index (χ0n) is 16.1. The van der Waals surface area contributed by atoms with Crippen molar-refractivity contribution in [2.24, 2.45) is 0 Å². The number of aromatic nitrogens is 1. The minimum atomic E-state index is -0.416. The molecule has 0 aliphatic heterocycles. The molecule has 28 heavy (non-hydrogen) atoms. The van der Waals surface area contributed by atoms with Crippen LogP contribution in [0.3, 0.4) is 0 Å². The first-order valence-electron chi connectivity index (χ1n) is 9.21. The largest absolute Gasteiger partial charge is 0.465 e. The molecule has 0 radical (unpaired) electrons. The van der Waals surface area contributed by atoms with E-state index in [1.165, 1.54) is 7.11 Å². The van der Waals surface area contributed by atoms with E-state index in [1.807, 2.05) is 55.5 Å². The maximum absolute atomic E-state index is 12.5. The predicted molar refractivity (Wildman–Crippen MR) is 107 cm³/mol. The van der Waals surface area contributed by atoms with E-state index >= 15 is 0 Å². The van der Waals surface area contributed by atoms with Crippen LogP contribution in [0.15, 0.2) is 54.7 Å². The van der Waals surface area contributed by atoms with Gasteiger partial charge >= 0.3 is 5.97 Å². The molecule has 0 unspecified atom stereocenters. The lowest BCUT2D eigenvalue weighted by molar-refractivity contribution is -0.121. The molecule has 0 spiro atoms. The highest BCUT2D eigenvalue weighted by Gasteiger charge is 2.16. The number of carbonyl (C=O) groups is 2. The zero-order valence-corrected chi connectivity index (χ0v) is 16.1. The van der Waals surface area contributed by atoms with Gasteiger partial charge in [-0.3, -0.25) is 4.79 Å². The summed E-state index contributed by atoms with van der Waals surface area (Å²) in [6.07, 6.45) is 1.67. The van der Waals surface area contributed by atoms with Gasteiger partial charge in [-0.1, -0.05) is 42.5 Å². The molecule has 0 saturated heterocycles. The Hall–Kier alpha value is -3.12. The first-order chi connectivity index (χ1) is 13.6. The minimum Gasteiger partial charge on any atom is -0.465 e. The van der Waals surface area contributed by atoms with Crippen LogP contribution in [0.1, 0.15) is 28.4 Å². The molecule has 0 aliphatic rings. The van der Waals surface area contributed by atoms with Crippen molar-refractivity contribution in [1.29, 1.82) is 0 Å². The van der Waals surface area contributed by atoms with Crippen LogP contribution >= 0.6 is 0 Å². The fourth-order valence-corrected chi connectivity index (χ4v) is 3.14. The number of nitrogens with one attached hydrogen (secondary N) is 1. The van der Waals surface area contributed by atoms with Crippen LogP contribution in [0.5, 0.6) is 0 Å². The average molecular weight is 380 g/mol. The highest BCUT2D eigenvalue weighted by molar-refractivity contribution is 6.04. The van der Waals surface area contributed by atoms with Crippen LogP contribution in [0.2, 0.25) is 0 Å². The number of ether oxygens (including phenoxy) is 2. The van der Waals surface area contributed by atoms with Crippen molar-refractivity contribution in [2.75, 3.05) is 13.7 Å². The van der Waals surface area contributed by atoms with E-state index in [2.05, 4.69) is 5.32 Å². The molecular formula is C22H24N2O4. The quantitative estimate of drug-likeness (QED) is 0.609. The van der Waals surface area contributed by atoms with Gasteiger partial charge in [0.2, 0.25) is 5.91 Å². The average Bonchev–Trinajstić information content (AvgIpc) is 3.09. The van der Waals surface area contributed by atoms with Gasteiger partial charge in [-0.15, -0.1) is 0 Å². The van der Waals surface area contributed by atoms with Crippen molar-refractivity contribution in [3.8, 4) is 0 Å². The molecule has 0 fully saturated rings. The number of esters is 1. The summed E-state index contributed by atoms with van der Waals surface area (Å²) < 4.78 is 12.1. The molecule has 0 atom stereocenters. The van der Waals surface area contributed by atoms with E-state index in [0.717, 1.165) is 22.0 Å². The molecule has 0 aliphatic carbocycles. The van der Waals surface area contributed by atoms with Crippen LogP contribution in [0.25, 0.3) is 10.9 Å². The maximum atomic E-state index is 12.5. The summed E-state index contributed by atoms with van der Waals surface area (Å²) in [5, 5.41) is 3.72. The Morgan fingerprint density at radius 1 is 1.04 bits per heavy atom. The molecular weight excluding hydrogens is 356 g/mol. The van der Waals surface area contributed by atoms with Crippen molar-refractivity contribution in [3.05, 3.63) is 71.4 Å². The summed E-state index contributed by atoms with van der Waals surface area (Å²) in [6.45, 7) is 3.65. The van der Waals surface area contributed by atoms with Gasteiger partial charge in [0, 0.05) is 30.3 Å². The Morgan fingerprint density at radius 3 is 2.50 bits per heavy atom.